The summed E-state index contributed by atoms with van der Waals surface area (Å²) in [5, 5.41) is 15.6. The lowest BCUT2D eigenvalue weighted by Gasteiger charge is -2.30. The van der Waals surface area contributed by atoms with Crippen molar-refractivity contribution in [2.75, 3.05) is 19.5 Å². The SMILES string of the molecule is COc1ccc(/C=C\C(=O)Nc2cc(-c3cccs3)nn2C2NC(=O)CC(C)N2)cc1OC. The lowest BCUT2D eigenvalue weighted by Crippen LogP contribution is -2.52. The van der Waals surface area contributed by atoms with Gasteiger partial charge in [-0.05, 0) is 42.1 Å². The minimum Gasteiger partial charge on any atom is -0.493 e. The Morgan fingerprint density at radius 2 is 2.06 bits per heavy atom. The van der Waals surface area contributed by atoms with Crippen LogP contribution in [-0.4, -0.2) is 41.9 Å². The largest absolute Gasteiger partial charge is 0.493 e. The van der Waals surface area contributed by atoms with Gasteiger partial charge in [0.15, 0.2) is 17.8 Å². The van der Waals surface area contributed by atoms with E-state index in [1.807, 2.05) is 30.5 Å². The van der Waals surface area contributed by atoms with Gasteiger partial charge in [-0.2, -0.15) is 5.10 Å². The maximum Gasteiger partial charge on any atom is 0.249 e. The van der Waals surface area contributed by atoms with Gasteiger partial charge in [-0.1, -0.05) is 12.1 Å². The molecule has 0 spiro atoms. The van der Waals surface area contributed by atoms with E-state index in [-0.39, 0.29) is 17.9 Å². The molecule has 2 amide bonds. The molecular weight excluding hydrogens is 442 g/mol. The number of hydrogen-bond donors (Lipinski definition) is 3. The third-order valence-electron chi connectivity index (χ3n) is 5.07. The van der Waals surface area contributed by atoms with Crippen LogP contribution in [0.5, 0.6) is 11.5 Å². The molecule has 0 radical (unpaired) electrons. The number of carbonyl (C=O) groups excluding carboxylic acids is 2. The standard InChI is InChI=1S/C23H25N5O4S/c1-14-11-22(30)26-23(24-14)28-20(13-16(27-28)19-5-4-10-33-19)25-21(29)9-7-15-6-8-17(31-2)18(12-15)32-3/h4-10,12-14,23-24H,11H2,1-3H3,(H,25,29)(H,26,30)/b9-7-. The quantitative estimate of drug-likeness (QED) is 0.461. The van der Waals surface area contributed by atoms with Crippen molar-refractivity contribution < 1.29 is 19.1 Å². The van der Waals surface area contributed by atoms with Crippen molar-refractivity contribution in [2.24, 2.45) is 0 Å². The van der Waals surface area contributed by atoms with Crippen LogP contribution in [0.3, 0.4) is 0 Å². The summed E-state index contributed by atoms with van der Waals surface area (Å²) in [5.74, 6) is 1.24. The number of nitrogens with zero attached hydrogens (tertiary/aromatic N) is 2. The average Bonchev–Trinajstić information content (AvgIpc) is 3.47. The number of aromatic nitrogens is 2. The minimum absolute atomic E-state index is 0.0216. The molecule has 10 heteroatoms. The van der Waals surface area contributed by atoms with E-state index in [0.717, 1.165) is 10.4 Å². The van der Waals surface area contributed by atoms with Crippen molar-refractivity contribution in [3.63, 3.8) is 0 Å². The minimum atomic E-state index is -0.569. The third-order valence-corrected chi connectivity index (χ3v) is 5.96. The van der Waals surface area contributed by atoms with Crippen molar-refractivity contribution in [1.82, 2.24) is 20.4 Å². The molecule has 0 aliphatic carbocycles. The Bertz CT molecular complexity index is 1170. The van der Waals surface area contributed by atoms with Crippen molar-refractivity contribution in [1.29, 1.82) is 0 Å². The van der Waals surface area contributed by atoms with Crippen LogP contribution in [0.4, 0.5) is 5.82 Å². The lowest BCUT2D eigenvalue weighted by molar-refractivity contribution is -0.125. The molecule has 2 unspecified atom stereocenters. The maximum atomic E-state index is 12.7. The second-order valence-corrected chi connectivity index (χ2v) is 8.46. The predicted molar refractivity (Wildman–Crippen MR) is 127 cm³/mol. The van der Waals surface area contributed by atoms with Gasteiger partial charge in [0.1, 0.15) is 11.5 Å². The molecule has 3 N–H and O–H groups in total. The number of amides is 2. The van der Waals surface area contributed by atoms with Gasteiger partial charge >= 0.3 is 0 Å². The summed E-state index contributed by atoms with van der Waals surface area (Å²) in [6.07, 6.45) is 2.92. The molecule has 1 saturated heterocycles. The average molecular weight is 468 g/mol. The number of rotatable bonds is 7. The zero-order chi connectivity index (χ0) is 23.4. The third kappa shape index (κ3) is 5.24. The van der Waals surface area contributed by atoms with E-state index in [4.69, 9.17) is 9.47 Å². The first-order chi connectivity index (χ1) is 16.0. The molecule has 0 saturated carbocycles. The van der Waals surface area contributed by atoms with E-state index in [2.05, 4.69) is 21.0 Å². The molecule has 172 valence electrons. The first kappa shape index (κ1) is 22.6. The second kappa shape index (κ2) is 9.88. The predicted octanol–water partition coefficient (Wildman–Crippen LogP) is 3.23. The number of benzene rings is 1. The van der Waals surface area contributed by atoms with Crippen molar-refractivity contribution in [2.45, 2.75) is 25.7 Å². The smallest absolute Gasteiger partial charge is 0.249 e. The molecule has 1 aliphatic heterocycles. The zero-order valence-corrected chi connectivity index (χ0v) is 19.3. The van der Waals surface area contributed by atoms with Crippen LogP contribution in [0, 0.1) is 0 Å². The molecule has 0 bridgehead atoms. The normalized spacial score (nSPS) is 18.2. The highest BCUT2D eigenvalue weighted by Crippen LogP contribution is 2.29. The molecule has 9 nitrogen and oxygen atoms in total. The van der Waals surface area contributed by atoms with Crippen LogP contribution in [0.1, 0.15) is 25.2 Å². The van der Waals surface area contributed by atoms with Gasteiger partial charge in [-0.3, -0.25) is 14.9 Å². The lowest BCUT2D eigenvalue weighted by atomic mass is 10.2. The van der Waals surface area contributed by atoms with E-state index in [0.29, 0.717) is 29.4 Å². The Kier molecular flexibility index (Phi) is 6.76. The molecule has 2 atom stereocenters. The van der Waals surface area contributed by atoms with Crippen LogP contribution in [-0.2, 0) is 9.59 Å². The van der Waals surface area contributed by atoms with Crippen LogP contribution in [0.15, 0.2) is 47.9 Å². The van der Waals surface area contributed by atoms with Crippen molar-refractivity contribution in [3.8, 4) is 22.1 Å². The van der Waals surface area contributed by atoms with Crippen LogP contribution in [0.25, 0.3) is 16.6 Å². The van der Waals surface area contributed by atoms with Crippen LogP contribution < -0.4 is 25.4 Å². The highest BCUT2D eigenvalue weighted by atomic mass is 32.1. The number of carbonyl (C=O) groups is 2. The Balaban J connectivity index is 1.57. The van der Waals surface area contributed by atoms with Gasteiger partial charge in [0.2, 0.25) is 11.8 Å². The highest BCUT2D eigenvalue weighted by Gasteiger charge is 2.27. The molecule has 33 heavy (non-hydrogen) atoms. The summed E-state index contributed by atoms with van der Waals surface area (Å²) in [4.78, 5) is 25.8. The number of ether oxygens (including phenoxy) is 2. The molecule has 4 rings (SSSR count). The van der Waals surface area contributed by atoms with E-state index < -0.39 is 6.29 Å². The zero-order valence-electron chi connectivity index (χ0n) is 18.5. The number of thiophene rings is 1. The van der Waals surface area contributed by atoms with E-state index in [1.54, 1.807) is 54.5 Å². The van der Waals surface area contributed by atoms with Gasteiger partial charge in [-0.15, -0.1) is 11.3 Å². The van der Waals surface area contributed by atoms with E-state index >= 15 is 0 Å². The summed E-state index contributed by atoms with van der Waals surface area (Å²) in [7, 11) is 3.13. The number of methoxy groups -OCH3 is 2. The van der Waals surface area contributed by atoms with Crippen LogP contribution in [0.2, 0.25) is 0 Å². The van der Waals surface area contributed by atoms with Crippen LogP contribution >= 0.6 is 11.3 Å². The van der Waals surface area contributed by atoms with Gasteiger partial charge in [-0.25, -0.2) is 4.68 Å². The number of hydrogen-bond acceptors (Lipinski definition) is 7. The summed E-state index contributed by atoms with van der Waals surface area (Å²) >= 11 is 1.55. The molecule has 1 aliphatic rings. The summed E-state index contributed by atoms with van der Waals surface area (Å²) in [6.45, 7) is 1.93. The second-order valence-electron chi connectivity index (χ2n) is 7.52. The van der Waals surface area contributed by atoms with Gasteiger partial charge in [0.05, 0.1) is 19.1 Å². The monoisotopic (exact) mass is 467 g/mol. The Morgan fingerprint density at radius 1 is 1.24 bits per heavy atom. The topological polar surface area (TPSA) is 107 Å². The fourth-order valence-corrected chi connectivity index (χ4v) is 4.20. The maximum absolute atomic E-state index is 12.7. The molecule has 3 aromatic rings. The van der Waals surface area contributed by atoms with Gasteiger partial charge in [0, 0.05) is 24.6 Å². The Hall–Kier alpha value is -3.63. The van der Waals surface area contributed by atoms with Gasteiger partial charge < -0.3 is 20.1 Å². The molecule has 1 fully saturated rings. The summed E-state index contributed by atoms with van der Waals surface area (Å²) in [5.41, 5.74) is 1.49. The first-order valence-electron chi connectivity index (χ1n) is 10.4. The fraction of sp³-hybridized carbons (Fsp3) is 0.261. The molecule has 3 heterocycles. The Morgan fingerprint density at radius 3 is 2.76 bits per heavy atom. The summed E-state index contributed by atoms with van der Waals surface area (Å²) < 4.78 is 12.1. The number of anilines is 1. The van der Waals surface area contributed by atoms with Crippen molar-refractivity contribution >= 4 is 35.0 Å². The molecular formula is C23H25N5O4S. The number of nitrogens with one attached hydrogen (secondary N) is 3. The van der Waals surface area contributed by atoms with Crippen molar-refractivity contribution in [3.05, 3.63) is 53.4 Å². The highest BCUT2D eigenvalue weighted by molar-refractivity contribution is 7.13. The fourth-order valence-electron chi connectivity index (χ4n) is 3.52. The molecule has 1 aromatic carbocycles. The van der Waals surface area contributed by atoms with Gasteiger partial charge in [0.25, 0.3) is 0 Å². The Labute approximate surface area is 195 Å². The van der Waals surface area contributed by atoms with E-state index in [1.165, 1.54) is 6.08 Å². The first-order valence-corrected chi connectivity index (χ1v) is 11.2. The van der Waals surface area contributed by atoms with E-state index in [9.17, 15) is 9.59 Å². The molecule has 2 aromatic heterocycles. The summed E-state index contributed by atoms with van der Waals surface area (Å²) in [6, 6.07) is 11.0.